The van der Waals surface area contributed by atoms with Gasteiger partial charge in [-0.1, -0.05) is 0 Å². The molecular formula is C14H17N3O4. The molecule has 1 aromatic carbocycles. The number of imide groups is 1. The lowest BCUT2D eigenvalue weighted by atomic mass is 10.0. The van der Waals surface area contributed by atoms with E-state index in [4.69, 9.17) is 9.47 Å². The molecular weight excluding hydrogens is 274 g/mol. The smallest absolute Gasteiger partial charge is 0.321 e. The van der Waals surface area contributed by atoms with Gasteiger partial charge in [0.15, 0.2) is 0 Å². The summed E-state index contributed by atoms with van der Waals surface area (Å²) in [5, 5.41) is 5.09. The Morgan fingerprint density at radius 2 is 2.00 bits per heavy atom. The van der Waals surface area contributed by atoms with Crippen molar-refractivity contribution in [3.63, 3.8) is 0 Å². The highest BCUT2D eigenvalue weighted by molar-refractivity contribution is 5.99. The van der Waals surface area contributed by atoms with Crippen molar-refractivity contribution in [1.82, 2.24) is 10.6 Å². The van der Waals surface area contributed by atoms with Crippen LogP contribution >= 0.6 is 0 Å². The van der Waals surface area contributed by atoms with E-state index in [2.05, 4.69) is 10.6 Å². The zero-order valence-electron chi connectivity index (χ0n) is 11.9. The van der Waals surface area contributed by atoms with Gasteiger partial charge in [-0.05, 0) is 12.1 Å². The average molecular weight is 291 g/mol. The van der Waals surface area contributed by atoms with E-state index in [0.29, 0.717) is 24.6 Å². The van der Waals surface area contributed by atoms with Gasteiger partial charge >= 0.3 is 6.03 Å². The minimum Gasteiger partial charge on any atom is -0.497 e. The number of ether oxygens (including phenoxy) is 2. The Bertz CT molecular complexity index is 590. The van der Waals surface area contributed by atoms with Gasteiger partial charge in [0.2, 0.25) is 5.91 Å². The Morgan fingerprint density at radius 1 is 1.19 bits per heavy atom. The summed E-state index contributed by atoms with van der Waals surface area (Å²) in [7, 11) is 3.20. The number of methoxy groups -OCH3 is 2. The first-order valence-electron chi connectivity index (χ1n) is 6.70. The van der Waals surface area contributed by atoms with E-state index < -0.39 is 6.03 Å². The van der Waals surface area contributed by atoms with Crippen molar-refractivity contribution in [2.24, 2.45) is 5.92 Å². The number of benzene rings is 1. The molecule has 0 spiro atoms. The molecule has 0 bridgehead atoms. The van der Waals surface area contributed by atoms with Gasteiger partial charge in [-0.2, -0.15) is 0 Å². The second-order valence-corrected chi connectivity index (χ2v) is 5.12. The van der Waals surface area contributed by atoms with Crippen molar-refractivity contribution in [3.05, 3.63) is 18.2 Å². The molecule has 112 valence electrons. The third-order valence-electron chi connectivity index (χ3n) is 3.94. The standard InChI is InChI=1S/C14H17N3O4/c1-20-8-3-4-12(21-2)11(5-8)17-6-9-10(7-17)15-14(19)16-13(9)18/h3-5,9-10H,6-7H2,1-2H3,(H2,15,16,18,19). The van der Waals surface area contributed by atoms with E-state index in [0.717, 1.165) is 5.69 Å². The van der Waals surface area contributed by atoms with Crippen LogP contribution in [0.2, 0.25) is 0 Å². The van der Waals surface area contributed by atoms with Gasteiger partial charge in [0, 0.05) is 19.2 Å². The van der Waals surface area contributed by atoms with Gasteiger partial charge in [-0.3, -0.25) is 10.1 Å². The fraction of sp³-hybridized carbons (Fsp3) is 0.429. The van der Waals surface area contributed by atoms with Gasteiger partial charge in [0.1, 0.15) is 11.5 Å². The monoisotopic (exact) mass is 291 g/mol. The van der Waals surface area contributed by atoms with Crippen molar-refractivity contribution in [2.75, 3.05) is 32.2 Å². The van der Waals surface area contributed by atoms with Crippen LogP contribution in [0.3, 0.4) is 0 Å². The van der Waals surface area contributed by atoms with E-state index in [1.165, 1.54) is 0 Å². The van der Waals surface area contributed by atoms with Crippen molar-refractivity contribution < 1.29 is 19.1 Å². The van der Waals surface area contributed by atoms with Crippen LogP contribution in [0.5, 0.6) is 11.5 Å². The zero-order chi connectivity index (χ0) is 15.0. The van der Waals surface area contributed by atoms with Crippen LogP contribution < -0.4 is 25.0 Å². The minimum atomic E-state index is -0.430. The van der Waals surface area contributed by atoms with Crippen LogP contribution in [0, 0.1) is 5.92 Å². The van der Waals surface area contributed by atoms with Crippen LogP contribution in [-0.2, 0) is 4.79 Å². The Labute approximate surface area is 122 Å². The topological polar surface area (TPSA) is 79.9 Å². The second-order valence-electron chi connectivity index (χ2n) is 5.12. The van der Waals surface area contributed by atoms with Crippen LogP contribution in [0.1, 0.15) is 0 Å². The van der Waals surface area contributed by atoms with E-state index in [-0.39, 0.29) is 17.9 Å². The molecule has 3 rings (SSSR count). The molecule has 21 heavy (non-hydrogen) atoms. The number of nitrogens with zero attached hydrogens (tertiary/aromatic N) is 1. The quantitative estimate of drug-likeness (QED) is 0.840. The van der Waals surface area contributed by atoms with E-state index in [9.17, 15) is 9.59 Å². The van der Waals surface area contributed by atoms with Crippen LogP contribution in [0.15, 0.2) is 18.2 Å². The maximum atomic E-state index is 11.9. The fourth-order valence-electron chi connectivity index (χ4n) is 2.87. The lowest BCUT2D eigenvalue weighted by molar-refractivity contribution is -0.124. The maximum Gasteiger partial charge on any atom is 0.321 e. The molecule has 2 N–H and O–H groups in total. The number of carbonyl (C=O) groups excluding carboxylic acids is 2. The Balaban J connectivity index is 1.88. The van der Waals surface area contributed by atoms with Crippen molar-refractivity contribution >= 4 is 17.6 Å². The molecule has 2 heterocycles. The molecule has 2 fully saturated rings. The third-order valence-corrected chi connectivity index (χ3v) is 3.94. The number of hydrogen-bond donors (Lipinski definition) is 2. The average Bonchev–Trinajstić information content (AvgIpc) is 2.90. The number of urea groups is 1. The van der Waals surface area contributed by atoms with Gasteiger partial charge in [0.25, 0.3) is 0 Å². The van der Waals surface area contributed by atoms with E-state index >= 15 is 0 Å². The highest BCUT2D eigenvalue weighted by Crippen LogP contribution is 2.35. The number of hydrogen-bond acceptors (Lipinski definition) is 5. The summed E-state index contributed by atoms with van der Waals surface area (Å²) in [6.07, 6.45) is 0. The predicted molar refractivity (Wildman–Crippen MR) is 75.7 cm³/mol. The van der Waals surface area contributed by atoms with Crippen molar-refractivity contribution in [3.8, 4) is 11.5 Å². The molecule has 3 amide bonds. The highest BCUT2D eigenvalue weighted by atomic mass is 16.5. The third kappa shape index (κ3) is 2.35. The second kappa shape index (κ2) is 5.16. The summed E-state index contributed by atoms with van der Waals surface area (Å²) in [5.41, 5.74) is 0.855. The lowest BCUT2D eigenvalue weighted by Gasteiger charge is -2.23. The molecule has 1 aromatic rings. The van der Waals surface area contributed by atoms with Crippen LogP contribution in [0.4, 0.5) is 10.5 Å². The van der Waals surface area contributed by atoms with Gasteiger partial charge in [-0.15, -0.1) is 0 Å². The normalized spacial score (nSPS) is 24.2. The first-order valence-corrected chi connectivity index (χ1v) is 6.70. The Hall–Kier alpha value is -2.44. The molecule has 2 atom stereocenters. The number of anilines is 1. The molecule has 7 nitrogen and oxygen atoms in total. The maximum absolute atomic E-state index is 11.9. The summed E-state index contributed by atoms with van der Waals surface area (Å²) in [5.74, 6) is 0.946. The molecule has 2 aliphatic heterocycles. The van der Waals surface area contributed by atoms with E-state index in [1.54, 1.807) is 14.2 Å². The largest absolute Gasteiger partial charge is 0.497 e. The molecule has 0 aromatic heterocycles. The molecule has 2 saturated heterocycles. The van der Waals surface area contributed by atoms with Gasteiger partial charge < -0.3 is 19.7 Å². The number of rotatable bonds is 3. The summed E-state index contributed by atoms with van der Waals surface area (Å²) in [6, 6.07) is 4.91. The summed E-state index contributed by atoms with van der Waals surface area (Å²) >= 11 is 0. The summed E-state index contributed by atoms with van der Waals surface area (Å²) in [6.45, 7) is 1.09. The number of amides is 3. The predicted octanol–water partition coefficient (Wildman–Crippen LogP) is 0.348. The molecule has 0 radical (unpaired) electrons. The summed E-state index contributed by atoms with van der Waals surface area (Å²) in [4.78, 5) is 25.3. The first kappa shape index (κ1) is 13.5. The van der Waals surface area contributed by atoms with Crippen molar-refractivity contribution in [2.45, 2.75) is 6.04 Å². The molecule has 0 aliphatic carbocycles. The number of nitrogens with one attached hydrogen (secondary N) is 2. The Kier molecular flexibility index (Phi) is 3.32. The molecule has 2 aliphatic rings. The molecule has 7 heteroatoms. The lowest BCUT2D eigenvalue weighted by Crippen LogP contribution is -2.57. The highest BCUT2D eigenvalue weighted by Gasteiger charge is 2.43. The van der Waals surface area contributed by atoms with Gasteiger partial charge in [0.05, 0.1) is 31.9 Å². The Morgan fingerprint density at radius 3 is 2.71 bits per heavy atom. The minimum absolute atomic E-state index is 0.179. The zero-order valence-corrected chi connectivity index (χ0v) is 11.9. The number of fused-ring (bicyclic) bond motifs is 1. The fourth-order valence-corrected chi connectivity index (χ4v) is 2.87. The molecule has 0 saturated carbocycles. The van der Waals surface area contributed by atoms with Crippen LogP contribution in [-0.4, -0.2) is 45.3 Å². The number of carbonyl (C=O) groups is 2. The SMILES string of the molecule is COc1ccc(OC)c(N2CC3NC(=O)NC(=O)C3C2)c1. The van der Waals surface area contributed by atoms with E-state index in [1.807, 2.05) is 23.1 Å². The van der Waals surface area contributed by atoms with Gasteiger partial charge in [-0.25, -0.2) is 4.79 Å². The first-order chi connectivity index (χ1) is 10.1. The summed E-state index contributed by atoms with van der Waals surface area (Å²) < 4.78 is 10.6. The van der Waals surface area contributed by atoms with Crippen molar-refractivity contribution in [1.29, 1.82) is 0 Å². The van der Waals surface area contributed by atoms with Crippen LogP contribution in [0.25, 0.3) is 0 Å². The molecule has 2 unspecified atom stereocenters.